The van der Waals surface area contributed by atoms with Gasteiger partial charge in [0.05, 0.1) is 18.2 Å². The molecule has 180 valence electrons. The molecular formula is C30H25ClN2O3. The summed E-state index contributed by atoms with van der Waals surface area (Å²) < 4.78 is 11.6. The molecule has 0 aliphatic rings. The lowest BCUT2D eigenvalue weighted by molar-refractivity contribution is -0.117. The highest BCUT2D eigenvalue weighted by Crippen LogP contribution is 2.38. The third-order valence-corrected chi connectivity index (χ3v) is 6.11. The first-order chi connectivity index (χ1) is 17.5. The van der Waals surface area contributed by atoms with Gasteiger partial charge < -0.3 is 14.8 Å². The summed E-state index contributed by atoms with van der Waals surface area (Å²) in [4.78, 5) is 12.7. The number of amides is 1. The molecule has 0 aliphatic carbocycles. The number of benzene rings is 4. The van der Waals surface area contributed by atoms with E-state index in [9.17, 15) is 10.1 Å². The molecule has 0 aromatic heterocycles. The Morgan fingerprint density at radius 3 is 2.53 bits per heavy atom. The van der Waals surface area contributed by atoms with Crippen LogP contribution in [0.5, 0.6) is 11.5 Å². The molecule has 0 aliphatic heterocycles. The van der Waals surface area contributed by atoms with E-state index in [-0.39, 0.29) is 11.6 Å². The van der Waals surface area contributed by atoms with Crippen LogP contribution in [0.4, 0.5) is 0 Å². The number of fused-ring (bicyclic) bond motifs is 1. The molecule has 36 heavy (non-hydrogen) atoms. The van der Waals surface area contributed by atoms with Gasteiger partial charge in [-0.3, -0.25) is 4.79 Å². The van der Waals surface area contributed by atoms with Crippen molar-refractivity contribution in [3.63, 3.8) is 0 Å². The molecule has 4 rings (SSSR count). The van der Waals surface area contributed by atoms with Crippen LogP contribution in [0.3, 0.4) is 0 Å². The maximum atomic E-state index is 12.7. The first-order valence-corrected chi connectivity index (χ1v) is 11.8. The predicted octanol–water partition coefficient (Wildman–Crippen LogP) is 6.87. The van der Waals surface area contributed by atoms with Crippen LogP contribution in [0.1, 0.15) is 29.7 Å². The Bertz CT molecular complexity index is 1450. The predicted molar refractivity (Wildman–Crippen MR) is 143 cm³/mol. The highest BCUT2D eigenvalue weighted by molar-refractivity contribution is 6.32. The lowest BCUT2D eigenvalue weighted by atomic mass is 10.1. The van der Waals surface area contributed by atoms with Crippen LogP contribution in [0.15, 0.2) is 90.5 Å². The molecule has 6 heteroatoms. The van der Waals surface area contributed by atoms with E-state index in [1.165, 1.54) is 13.2 Å². The highest BCUT2D eigenvalue weighted by atomic mass is 35.5. The minimum atomic E-state index is -0.472. The molecule has 0 unspecified atom stereocenters. The first-order valence-electron chi connectivity index (χ1n) is 11.4. The summed E-state index contributed by atoms with van der Waals surface area (Å²) in [5.41, 5.74) is 2.47. The normalized spacial score (nSPS) is 12.0. The molecule has 5 nitrogen and oxygen atoms in total. The Hall–Kier alpha value is -4.27. The second-order valence-corrected chi connectivity index (χ2v) is 8.64. The van der Waals surface area contributed by atoms with Gasteiger partial charge in [0.25, 0.3) is 5.91 Å². The van der Waals surface area contributed by atoms with Gasteiger partial charge in [0.1, 0.15) is 18.2 Å². The van der Waals surface area contributed by atoms with Gasteiger partial charge in [0.2, 0.25) is 0 Å². The minimum absolute atomic E-state index is 0.0414. The van der Waals surface area contributed by atoms with Crippen molar-refractivity contribution in [2.24, 2.45) is 0 Å². The summed E-state index contributed by atoms with van der Waals surface area (Å²) in [6.07, 6.45) is 1.48. The maximum absolute atomic E-state index is 12.7. The lowest BCUT2D eigenvalue weighted by Crippen LogP contribution is -2.27. The maximum Gasteiger partial charge on any atom is 0.262 e. The number of nitrogens with zero attached hydrogens (tertiary/aromatic N) is 1. The van der Waals surface area contributed by atoms with E-state index in [2.05, 4.69) is 17.4 Å². The summed E-state index contributed by atoms with van der Waals surface area (Å²) in [6.45, 7) is 2.17. The number of rotatable bonds is 8. The molecule has 0 saturated carbocycles. The summed E-state index contributed by atoms with van der Waals surface area (Å²) in [5.74, 6) is 0.328. The van der Waals surface area contributed by atoms with Gasteiger partial charge in [-0.2, -0.15) is 5.26 Å². The van der Waals surface area contributed by atoms with E-state index in [4.69, 9.17) is 21.1 Å². The molecule has 0 radical (unpaired) electrons. The minimum Gasteiger partial charge on any atom is -0.493 e. The van der Waals surface area contributed by atoms with Crippen molar-refractivity contribution in [3.05, 3.63) is 112 Å². The van der Waals surface area contributed by atoms with Crippen LogP contribution in [0.25, 0.3) is 16.8 Å². The van der Waals surface area contributed by atoms with E-state index >= 15 is 0 Å². The molecule has 1 atom stereocenters. The quantitative estimate of drug-likeness (QED) is 0.213. The summed E-state index contributed by atoms with van der Waals surface area (Å²) in [6, 6.07) is 28.7. The van der Waals surface area contributed by atoms with Crippen LogP contribution in [0.2, 0.25) is 5.02 Å². The number of nitrogens with one attached hydrogen (secondary N) is 1. The molecule has 1 N–H and O–H groups in total. The third-order valence-electron chi connectivity index (χ3n) is 5.83. The number of hydrogen-bond donors (Lipinski definition) is 1. The zero-order chi connectivity index (χ0) is 25.5. The van der Waals surface area contributed by atoms with Crippen molar-refractivity contribution < 1.29 is 14.3 Å². The SMILES string of the molecule is COc1cc(/C=C(/C#N)C(=O)N[C@H](C)c2ccccc2)cc(Cl)c1OCc1cccc2ccccc12. The Kier molecular flexibility index (Phi) is 7.89. The monoisotopic (exact) mass is 496 g/mol. The van der Waals surface area contributed by atoms with Gasteiger partial charge in [-0.15, -0.1) is 0 Å². The number of carbonyl (C=O) groups excluding carboxylic acids is 1. The fourth-order valence-electron chi connectivity index (χ4n) is 3.95. The van der Waals surface area contributed by atoms with Crippen LogP contribution >= 0.6 is 11.6 Å². The summed E-state index contributed by atoms with van der Waals surface area (Å²) in [7, 11) is 1.52. The number of methoxy groups -OCH3 is 1. The van der Waals surface area contributed by atoms with Crippen molar-refractivity contribution in [1.29, 1.82) is 5.26 Å². The van der Waals surface area contributed by atoms with Crippen molar-refractivity contribution >= 4 is 34.4 Å². The topological polar surface area (TPSA) is 71.3 Å². The van der Waals surface area contributed by atoms with Gasteiger partial charge in [-0.05, 0) is 52.6 Å². The molecule has 0 fully saturated rings. The van der Waals surface area contributed by atoms with Crippen molar-refractivity contribution in [3.8, 4) is 17.6 Å². The molecule has 1 amide bonds. The zero-order valence-corrected chi connectivity index (χ0v) is 20.8. The Labute approximate surface area is 215 Å². The van der Waals surface area contributed by atoms with Gasteiger partial charge in [-0.25, -0.2) is 0 Å². The van der Waals surface area contributed by atoms with Gasteiger partial charge in [0.15, 0.2) is 11.5 Å². The summed E-state index contributed by atoms with van der Waals surface area (Å²) in [5, 5.41) is 15.0. The largest absolute Gasteiger partial charge is 0.493 e. The highest BCUT2D eigenvalue weighted by Gasteiger charge is 2.16. The van der Waals surface area contributed by atoms with Crippen LogP contribution in [-0.4, -0.2) is 13.0 Å². The molecule has 0 spiro atoms. The third kappa shape index (κ3) is 5.68. The van der Waals surface area contributed by atoms with E-state index in [1.54, 1.807) is 12.1 Å². The Morgan fingerprint density at radius 2 is 1.78 bits per heavy atom. The van der Waals surface area contributed by atoms with Gasteiger partial charge in [0, 0.05) is 0 Å². The number of carbonyl (C=O) groups is 1. The number of nitriles is 1. The van der Waals surface area contributed by atoms with Crippen LogP contribution in [-0.2, 0) is 11.4 Å². The van der Waals surface area contributed by atoms with Gasteiger partial charge >= 0.3 is 0 Å². The molecule has 4 aromatic carbocycles. The van der Waals surface area contributed by atoms with E-state index < -0.39 is 5.91 Å². The molecule has 0 saturated heterocycles. The smallest absolute Gasteiger partial charge is 0.262 e. The average molecular weight is 497 g/mol. The Balaban J connectivity index is 1.54. The van der Waals surface area contributed by atoms with E-state index in [1.807, 2.05) is 73.7 Å². The molecular weight excluding hydrogens is 472 g/mol. The standard InChI is InChI=1S/C30H25ClN2O3/c1-20(22-9-4-3-5-10-22)33-30(34)25(18-32)15-21-16-27(31)29(28(17-21)35-2)36-19-24-13-8-12-23-11-6-7-14-26(23)24/h3-17,20H,19H2,1-2H3,(H,33,34)/b25-15-/t20-/m1/s1. The van der Waals surface area contributed by atoms with Crippen molar-refractivity contribution in [1.82, 2.24) is 5.32 Å². The Morgan fingerprint density at radius 1 is 1.06 bits per heavy atom. The van der Waals surface area contributed by atoms with Crippen molar-refractivity contribution in [2.45, 2.75) is 19.6 Å². The number of halogens is 1. The average Bonchev–Trinajstić information content (AvgIpc) is 2.91. The van der Waals surface area contributed by atoms with Crippen LogP contribution < -0.4 is 14.8 Å². The van der Waals surface area contributed by atoms with Crippen LogP contribution in [0, 0.1) is 11.3 Å². The number of hydrogen-bond acceptors (Lipinski definition) is 4. The lowest BCUT2D eigenvalue weighted by Gasteiger charge is -2.15. The molecule has 0 heterocycles. The fraction of sp³-hybridized carbons (Fsp3) is 0.133. The molecule has 0 bridgehead atoms. The second kappa shape index (κ2) is 11.4. The second-order valence-electron chi connectivity index (χ2n) is 8.24. The first kappa shape index (κ1) is 24.8. The van der Waals surface area contributed by atoms with E-state index in [0.29, 0.717) is 28.7 Å². The van der Waals surface area contributed by atoms with E-state index in [0.717, 1.165) is 21.9 Å². The fourth-order valence-corrected chi connectivity index (χ4v) is 4.22. The number of ether oxygens (including phenoxy) is 2. The summed E-state index contributed by atoms with van der Waals surface area (Å²) >= 11 is 6.55. The van der Waals surface area contributed by atoms with Crippen molar-refractivity contribution in [2.75, 3.05) is 7.11 Å². The molecule has 4 aromatic rings. The van der Waals surface area contributed by atoms with Gasteiger partial charge in [-0.1, -0.05) is 84.4 Å². The zero-order valence-electron chi connectivity index (χ0n) is 20.0.